The molecule has 0 saturated carbocycles. The van der Waals surface area contributed by atoms with Gasteiger partial charge in [0.15, 0.2) is 0 Å². The predicted molar refractivity (Wildman–Crippen MR) is 102 cm³/mol. The van der Waals surface area contributed by atoms with E-state index in [2.05, 4.69) is 16.4 Å². The van der Waals surface area contributed by atoms with Crippen LogP contribution in [0.25, 0.3) is 0 Å². The van der Waals surface area contributed by atoms with Gasteiger partial charge < -0.3 is 5.32 Å². The van der Waals surface area contributed by atoms with Gasteiger partial charge in [0, 0.05) is 19.2 Å². The quantitative estimate of drug-likeness (QED) is 0.601. The van der Waals surface area contributed by atoms with Crippen LogP contribution in [0, 0.1) is 22.7 Å². The number of nitriles is 2. The SMILES string of the molecule is CCc1c(C#N)c(Cl)nc(SCc2ccc(CNC(C)=O)cc2)c1C#N. The molecule has 0 fully saturated rings. The minimum absolute atomic E-state index is 0.0656. The molecule has 7 heteroatoms. The first-order valence-electron chi connectivity index (χ1n) is 7.97. The van der Waals surface area contributed by atoms with E-state index in [1.54, 1.807) is 0 Å². The largest absolute Gasteiger partial charge is 0.352 e. The van der Waals surface area contributed by atoms with Gasteiger partial charge in [0.25, 0.3) is 0 Å². The fourth-order valence-electron chi connectivity index (χ4n) is 2.40. The van der Waals surface area contributed by atoms with Gasteiger partial charge >= 0.3 is 0 Å². The Morgan fingerprint density at radius 2 is 1.81 bits per heavy atom. The second kappa shape index (κ2) is 9.24. The normalized spacial score (nSPS) is 10.0. The van der Waals surface area contributed by atoms with Gasteiger partial charge in [0.05, 0.1) is 11.1 Å². The number of aromatic nitrogens is 1. The van der Waals surface area contributed by atoms with Crippen molar-refractivity contribution >= 4 is 29.3 Å². The second-order valence-electron chi connectivity index (χ2n) is 5.53. The van der Waals surface area contributed by atoms with Crippen LogP contribution in [0.15, 0.2) is 29.3 Å². The van der Waals surface area contributed by atoms with Crippen molar-refractivity contribution in [2.75, 3.05) is 0 Å². The molecule has 0 radical (unpaired) electrons. The maximum atomic E-state index is 11.0. The lowest BCUT2D eigenvalue weighted by molar-refractivity contribution is -0.119. The van der Waals surface area contributed by atoms with Gasteiger partial charge in [-0.3, -0.25) is 4.79 Å². The van der Waals surface area contributed by atoms with Crippen molar-refractivity contribution in [3.8, 4) is 12.1 Å². The molecule has 1 aromatic carbocycles. The highest BCUT2D eigenvalue weighted by molar-refractivity contribution is 7.98. The van der Waals surface area contributed by atoms with Crippen LogP contribution in [-0.4, -0.2) is 10.9 Å². The number of thioether (sulfide) groups is 1. The first-order chi connectivity index (χ1) is 12.5. The molecule has 5 nitrogen and oxygen atoms in total. The van der Waals surface area contributed by atoms with Crippen LogP contribution >= 0.6 is 23.4 Å². The van der Waals surface area contributed by atoms with Crippen LogP contribution < -0.4 is 5.32 Å². The number of hydrogen-bond donors (Lipinski definition) is 1. The molecule has 26 heavy (non-hydrogen) atoms. The topological polar surface area (TPSA) is 89.6 Å². The van der Waals surface area contributed by atoms with Crippen molar-refractivity contribution < 1.29 is 4.79 Å². The predicted octanol–water partition coefficient (Wildman–Crippen LogP) is 3.97. The summed E-state index contributed by atoms with van der Waals surface area (Å²) in [5.41, 5.74) is 3.41. The summed E-state index contributed by atoms with van der Waals surface area (Å²) in [7, 11) is 0. The van der Waals surface area contributed by atoms with E-state index in [1.165, 1.54) is 18.7 Å². The Balaban J connectivity index is 2.17. The minimum Gasteiger partial charge on any atom is -0.352 e. The zero-order chi connectivity index (χ0) is 19.1. The highest BCUT2D eigenvalue weighted by atomic mass is 35.5. The maximum absolute atomic E-state index is 11.0. The second-order valence-corrected chi connectivity index (χ2v) is 6.85. The number of rotatable bonds is 6. The lowest BCUT2D eigenvalue weighted by atomic mass is 10.0. The summed E-state index contributed by atoms with van der Waals surface area (Å²) in [4.78, 5) is 15.2. The molecule has 1 amide bonds. The Hall–Kier alpha value is -2.54. The molecule has 2 rings (SSSR count). The summed E-state index contributed by atoms with van der Waals surface area (Å²) in [6, 6.07) is 12.0. The Morgan fingerprint density at radius 1 is 1.19 bits per heavy atom. The molecule has 1 N–H and O–H groups in total. The Kier molecular flexibility index (Phi) is 7.03. The molecule has 0 aliphatic carbocycles. The number of hydrogen-bond acceptors (Lipinski definition) is 5. The molecule has 1 aromatic heterocycles. The number of benzene rings is 1. The van der Waals surface area contributed by atoms with Gasteiger partial charge in [-0.05, 0) is 23.1 Å². The summed E-state index contributed by atoms with van der Waals surface area (Å²) in [5.74, 6) is 0.553. The molecule has 0 bridgehead atoms. The Morgan fingerprint density at radius 3 is 2.35 bits per heavy atom. The molecule has 1 heterocycles. The maximum Gasteiger partial charge on any atom is 0.217 e. The smallest absolute Gasteiger partial charge is 0.217 e. The average Bonchev–Trinajstić information content (AvgIpc) is 2.64. The molecule has 0 aliphatic heterocycles. The van der Waals surface area contributed by atoms with Crippen molar-refractivity contribution in [2.45, 2.75) is 37.6 Å². The zero-order valence-corrected chi connectivity index (χ0v) is 16.0. The number of amides is 1. The lowest BCUT2D eigenvalue weighted by Crippen LogP contribution is -2.18. The van der Waals surface area contributed by atoms with Crippen LogP contribution in [0.2, 0.25) is 5.15 Å². The van der Waals surface area contributed by atoms with Gasteiger partial charge in [-0.2, -0.15) is 10.5 Å². The van der Waals surface area contributed by atoms with E-state index in [4.69, 9.17) is 11.6 Å². The Bertz CT molecular complexity index is 898. The van der Waals surface area contributed by atoms with Crippen LogP contribution in [0.4, 0.5) is 0 Å². The molecule has 0 saturated heterocycles. The summed E-state index contributed by atoms with van der Waals surface area (Å²) in [6.45, 7) is 3.86. The Labute approximate surface area is 162 Å². The van der Waals surface area contributed by atoms with Gasteiger partial charge in [-0.25, -0.2) is 4.98 Å². The first kappa shape index (κ1) is 19.8. The summed E-state index contributed by atoms with van der Waals surface area (Å²) in [6.07, 6.45) is 0.541. The molecule has 0 unspecified atom stereocenters. The fourth-order valence-corrected chi connectivity index (χ4v) is 3.65. The third-order valence-electron chi connectivity index (χ3n) is 3.74. The monoisotopic (exact) mass is 384 g/mol. The van der Waals surface area contributed by atoms with Crippen LogP contribution in [0.5, 0.6) is 0 Å². The van der Waals surface area contributed by atoms with Crippen LogP contribution in [0.3, 0.4) is 0 Å². The highest BCUT2D eigenvalue weighted by Crippen LogP contribution is 2.31. The van der Waals surface area contributed by atoms with E-state index >= 15 is 0 Å². The number of carbonyl (C=O) groups is 1. The van der Waals surface area contributed by atoms with E-state index < -0.39 is 0 Å². The molecule has 0 aliphatic rings. The van der Waals surface area contributed by atoms with Gasteiger partial charge in [-0.15, -0.1) is 11.8 Å². The van der Waals surface area contributed by atoms with Crippen molar-refractivity contribution in [3.63, 3.8) is 0 Å². The van der Waals surface area contributed by atoms with E-state index in [9.17, 15) is 15.3 Å². The summed E-state index contributed by atoms with van der Waals surface area (Å²) in [5, 5.41) is 22.2. The third-order valence-corrected chi connectivity index (χ3v) is 5.06. The molecular weight excluding hydrogens is 368 g/mol. The molecule has 0 spiro atoms. The van der Waals surface area contributed by atoms with E-state index in [0.29, 0.717) is 34.9 Å². The van der Waals surface area contributed by atoms with Crippen molar-refractivity contribution in [3.05, 3.63) is 57.2 Å². The molecule has 0 atom stereocenters. The average molecular weight is 385 g/mol. The van der Waals surface area contributed by atoms with Crippen LogP contribution in [0.1, 0.15) is 41.7 Å². The standard InChI is InChI=1S/C19H17ClN4OS/c1-3-15-16(8-21)18(20)24-19(17(15)9-22)26-11-14-6-4-13(5-7-14)10-23-12(2)25/h4-7H,3,10-11H2,1-2H3,(H,23,25). The van der Waals surface area contributed by atoms with E-state index in [0.717, 1.165) is 11.1 Å². The summed E-state index contributed by atoms with van der Waals surface area (Å²) >= 11 is 7.53. The van der Waals surface area contributed by atoms with Crippen molar-refractivity contribution in [1.82, 2.24) is 10.3 Å². The molecule has 132 valence electrons. The number of carbonyl (C=O) groups excluding carboxylic acids is 1. The number of pyridine rings is 1. The molecule has 2 aromatic rings. The van der Waals surface area contributed by atoms with Crippen LogP contribution in [-0.2, 0) is 23.5 Å². The zero-order valence-electron chi connectivity index (χ0n) is 14.5. The number of nitrogens with zero attached hydrogens (tertiary/aromatic N) is 3. The lowest BCUT2D eigenvalue weighted by Gasteiger charge is -2.10. The van der Waals surface area contributed by atoms with Crippen molar-refractivity contribution in [2.24, 2.45) is 0 Å². The highest BCUT2D eigenvalue weighted by Gasteiger charge is 2.18. The van der Waals surface area contributed by atoms with E-state index in [-0.39, 0.29) is 16.6 Å². The first-order valence-corrected chi connectivity index (χ1v) is 9.34. The van der Waals surface area contributed by atoms with Gasteiger partial charge in [0.1, 0.15) is 22.3 Å². The minimum atomic E-state index is -0.0656. The molecular formula is C19H17ClN4OS. The van der Waals surface area contributed by atoms with E-state index in [1.807, 2.05) is 37.3 Å². The number of nitrogens with one attached hydrogen (secondary N) is 1. The van der Waals surface area contributed by atoms with Gasteiger partial charge in [0.2, 0.25) is 5.91 Å². The third kappa shape index (κ3) is 4.76. The van der Waals surface area contributed by atoms with Gasteiger partial charge in [-0.1, -0.05) is 42.8 Å². The fraction of sp³-hybridized carbons (Fsp3) is 0.263. The van der Waals surface area contributed by atoms with Crippen molar-refractivity contribution in [1.29, 1.82) is 10.5 Å². The number of halogens is 1. The summed E-state index contributed by atoms with van der Waals surface area (Å²) < 4.78 is 0.